The Labute approximate surface area is 127 Å². The molecule has 0 aliphatic carbocycles. The van der Waals surface area contributed by atoms with E-state index in [1.807, 2.05) is 0 Å². The molecule has 1 aliphatic rings. The molecule has 1 fully saturated rings. The van der Waals surface area contributed by atoms with Crippen molar-refractivity contribution in [2.75, 3.05) is 26.3 Å². The lowest BCUT2D eigenvalue weighted by Crippen LogP contribution is -2.22. The van der Waals surface area contributed by atoms with Gasteiger partial charge in [-0.15, -0.1) is 0 Å². The van der Waals surface area contributed by atoms with Crippen molar-refractivity contribution in [3.63, 3.8) is 0 Å². The summed E-state index contributed by atoms with van der Waals surface area (Å²) in [4.78, 5) is 2.23. The number of alkyl halides is 2. The van der Waals surface area contributed by atoms with Crippen molar-refractivity contribution < 1.29 is 8.78 Å². The van der Waals surface area contributed by atoms with E-state index in [4.69, 9.17) is 0 Å². The molecule has 1 heterocycles. The summed E-state index contributed by atoms with van der Waals surface area (Å²) in [5, 5.41) is 0. The van der Waals surface area contributed by atoms with Gasteiger partial charge < -0.3 is 4.90 Å². The molecule has 0 amide bonds. The number of rotatable bonds is 9. The highest BCUT2D eigenvalue weighted by Gasteiger charge is 2.20. The molecule has 0 aromatic heterocycles. The molecule has 0 bridgehead atoms. The van der Waals surface area contributed by atoms with Gasteiger partial charge in [-0.2, -0.15) is 0 Å². The SMILES string of the molecule is FCCCCCc1ccc(CCCN2CCC(F)C2)cc1. The lowest BCUT2D eigenvalue weighted by atomic mass is 10.0. The molecule has 21 heavy (non-hydrogen) atoms. The number of benzene rings is 1. The van der Waals surface area contributed by atoms with Crippen molar-refractivity contribution in [1.29, 1.82) is 0 Å². The summed E-state index contributed by atoms with van der Waals surface area (Å²) in [6.07, 6.45) is 6.05. The fourth-order valence-corrected chi connectivity index (χ4v) is 2.97. The van der Waals surface area contributed by atoms with Crippen molar-refractivity contribution in [2.45, 2.75) is 51.1 Å². The molecule has 0 spiro atoms. The van der Waals surface area contributed by atoms with Crippen LogP contribution in [0.3, 0.4) is 0 Å². The number of nitrogens with zero attached hydrogens (tertiary/aromatic N) is 1. The first-order chi connectivity index (χ1) is 10.3. The molecule has 0 radical (unpaired) electrons. The molecule has 0 N–H and O–H groups in total. The van der Waals surface area contributed by atoms with E-state index in [-0.39, 0.29) is 6.67 Å². The number of likely N-dealkylation sites (tertiary alicyclic amines) is 1. The van der Waals surface area contributed by atoms with E-state index in [0.29, 0.717) is 19.4 Å². The molecular weight excluding hydrogens is 268 g/mol. The smallest absolute Gasteiger partial charge is 0.114 e. The fraction of sp³-hybridized carbons (Fsp3) is 0.667. The van der Waals surface area contributed by atoms with E-state index in [9.17, 15) is 8.78 Å². The van der Waals surface area contributed by atoms with Crippen molar-refractivity contribution in [1.82, 2.24) is 4.90 Å². The first kappa shape index (κ1) is 16.4. The minimum absolute atomic E-state index is 0.195. The summed E-state index contributed by atoms with van der Waals surface area (Å²) in [7, 11) is 0. The van der Waals surface area contributed by atoms with E-state index < -0.39 is 6.17 Å². The van der Waals surface area contributed by atoms with Crippen molar-refractivity contribution in [2.24, 2.45) is 0 Å². The number of halogens is 2. The summed E-state index contributed by atoms with van der Waals surface area (Å²) in [5.41, 5.74) is 2.70. The van der Waals surface area contributed by atoms with Gasteiger partial charge in [0.05, 0.1) is 6.67 Å². The van der Waals surface area contributed by atoms with Crippen LogP contribution in [0.2, 0.25) is 0 Å². The summed E-state index contributed by atoms with van der Waals surface area (Å²) >= 11 is 0. The van der Waals surface area contributed by atoms with Crippen molar-refractivity contribution in [3.05, 3.63) is 35.4 Å². The Morgan fingerprint density at radius 2 is 1.62 bits per heavy atom. The van der Waals surface area contributed by atoms with E-state index in [1.54, 1.807) is 0 Å². The predicted molar refractivity (Wildman–Crippen MR) is 84.2 cm³/mol. The second-order valence-corrected chi connectivity index (χ2v) is 6.11. The fourth-order valence-electron chi connectivity index (χ4n) is 2.97. The summed E-state index contributed by atoms with van der Waals surface area (Å²) in [6, 6.07) is 8.79. The Hall–Kier alpha value is -0.960. The molecule has 1 nitrogen and oxygen atoms in total. The van der Waals surface area contributed by atoms with Gasteiger partial charge in [0.25, 0.3) is 0 Å². The van der Waals surface area contributed by atoms with Crippen LogP contribution in [0, 0.1) is 0 Å². The summed E-state index contributed by atoms with van der Waals surface area (Å²) < 4.78 is 25.1. The summed E-state index contributed by atoms with van der Waals surface area (Å²) in [5.74, 6) is 0. The zero-order valence-corrected chi connectivity index (χ0v) is 12.9. The van der Waals surface area contributed by atoms with Crippen LogP contribution in [0.5, 0.6) is 0 Å². The molecule has 1 saturated heterocycles. The van der Waals surface area contributed by atoms with Gasteiger partial charge in [0.15, 0.2) is 0 Å². The van der Waals surface area contributed by atoms with Gasteiger partial charge in [0.1, 0.15) is 6.17 Å². The van der Waals surface area contributed by atoms with Crippen LogP contribution in [0.1, 0.15) is 43.2 Å². The molecule has 1 aliphatic heterocycles. The van der Waals surface area contributed by atoms with Crippen LogP contribution in [0.15, 0.2) is 24.3 Å². The third-order valence-electron chi connectivity index (χ3n) is 4.28. The normalized spacial score (nSPS) is 19.2. The second-order valence-electron chi connectivity index (χ2n) is 6.11. The monoisotopic (exact) mass is 295 g/mol. The lowest BCUT2D eigenvalue weighted by molar-refractivity contribution is 0.285. The Kier molecular flexibility index (Phi) is 7.14. The Morgan fingerprint density at radius 3 is 2.19 bits per heavy atom. The van der Waals surface area contributed by atoms with E-state index in [0.717, 1.165) is 45.2 Å². The zero-order chi connectivity index (χ0) is 14.9. The highest BCUT2D eigenvalue weighted by atomic mass is 19.1. The summed E-state index contributed by atoms with van der Waals surface area (Å²) in [6.45, 7) is 2.35. The quantitative estimate of drug-likeness (QED) is 0.612. The van der Waals surface area contributed by atoms with Gasteiger partial charge in [-0.1, -0.05) is 30.7 Å². The molecule has 2 rings (SSSR count). The first-order valence-electron chi connectivity index (χ1n) is 8.28. The molecule has 1 aromatic rings. The maximum Gasteiger partial charge on any atom is 0.114 e. The predicted octanol–water partition coefficient (Wildman–Crippen LogP) is 4.35. The zero-order valence-electron chi connectivity index (χ0n) is 12.9. The largest absolute Gasteiger partial charge is 0.300 e. The number of aryl methyl sites for hydroxylation is 2. The third-order valence-corrected chi connectivity index (χ3v) is 4.28. The van der Waals surface area contributed by atoms with Crippen molar-refractivity contribution >= 4 is 0 Å². The van der Waals surface area contributed by atoms with Gasteiger partial charge in [-0.3, -0.25) is 4.39 Å². The van der Waals surface area contributed by atoms with E-state index in [1.165, 1.54) is 11.1 Å². The third kappa shape index (κ3) is 6.13. The highest BCUT2D eigenvalue weighted by Crippen LogP contribution is 2.14. The molecule has 3 heteroatoms. The molecule has 1 atom stereocenters. The number of hydrogen-bond acceptors (Lipinski definition) is 1. The van der Waals surface area contributed by atoms with Gasteiger partial charge >= 0.3 is 0 Å². The Morgan fingerprint density at radius 1 is 0.952 bits per heavy atom. The topological polar surface area (TPSA) is 3.24 Å². The van der Waals surface area contributed by atoms with Gasteiger partial charge in [-0.05, 0) is 56.2 Å². The Bertz CT molecular complexity index is 391. The molecule has 1 unspecified atom stereocenters. The molecular formula is C18H27F2N. The van der Waals surface area contributed by atoms with Gasteiger partial charge in [-0.25, -0.2) is 4.39 Å². The lowest BCUT2D eigenvalue weighted by Gasteiger charge is -2.14. The minimum Gasteiger partial charge on any atom is -0.300 e. The average Bonchev–Trinajstić information content (AvgIpc) is 2.91. The average molecular weight is 295 g/mol. The maximum atomic E-state index is 13.1. The van der Waals surface area contributed by atoms with Crippen molar-refractivity contribution in [3.8, 4) is 0 Å². The molecule has 0 saturated carbocycles. The maximum absolute atomic E-state index is 13.1. The van der Waals surface area contributed by atoms with Crippen LogP contribution in [0.25, 0.3) is 0 Å². The number of hydrogen-bond donors (Lipinski definition) is 0. The highest BCUT2D eigenvalue weighted by molar-refractivity contribution is 5.22. The number of unbranched alkanes of at least 4 members (excludes halogenated alkanes) is 2. The van der Waals surface area contributed by atoms with Crippen LogP contribution < -0.4 is 0 Å². The van der Waals surface area contributed by atoms with Gasteiger partial charge in [0.2, 0.25) is 0 Å². The van der Waals surface area contributed by atoms with Gasteiger partial charge in [0, 0.05) is 13.1 Å². The first-order valence-corrected chi connectivity index (χ1v) is 8.28. The second kappa shape index (κ2) is 9.14. The van der Waals surface area contributed by atoms with E-state index in [2.05, 4.69) is 29.2 Å². The molecule has 1 aromatic carbocycles. The van der Waals surface area contributed by atoms with Crippen LogP contribution in [-0.2, 0) is 12.8 Å². The van der Waals surface area contributed by atoms with Crippen LogP contribution >= 0.6 is 0 Å². The van der Waals surface area contributed by atoms with Crippen LogP contribution in [0.4, 0.5) is 8.78 Å². The van der Waals surface area contributed by atoms with Crippen LogP contribution in [-0.4, -0.2) is 37.4 Å². The Balaban J connectivity index is 1.62. The van der Waals surface area contributed by atoms with E-state index >= 15 is 0 Å². The minimum atomic E-state index is -0.610. The molecule has 118 valence electrons. The standard InChI is InChI=1S/C18H27F2N/c19-12-3-1-2-5-16-7-9-17(10-8-16)6-4-13-21-14-11-18(20)15-21/h7-10,18H,1-6,11-15H2.